The Kier molecular flexibility index (Phi) is 5.34. The van der Waals surface area contributed by atoms with Gasteiger partial charge < -0.3 is 15.0 Å². The van der Waals surface area contributed by atoms with Crippen LogP contribution in [0, 0.1) is 5.92 Å². The van der Waals surface area contributed by atoms with Gasteiger partial charge >= 0.3 is 0 Å². The van der Waals surface area contributed by atoms with E-state index in [1.165, 1.54) is 5.56 Å². The molecule has 3 aliphatic rings. The largest absolute Gasteiger partial charge is 0.497 e. The predicted molar refractivity (Wildman–Crippen MR) is 103 cm³/mol. The summed E-state index contributed by atoms with van der Waals surface area (Å²) in [5.41, 5.74) is 1.23. The fourth-order valence-electron chi connectivity index (χ4n) is 3.90. The van der Waals surface area contributed by atoms with Crippen LogP contribution in [0.25, 0.3) is 0 Å². The molecule has 1 aromatic rings. The second kappa shape index (κ2) is 7.89. The Hall–Kier alpha value is -2.08. The molecule has 2 amide bonds. The van der Waals surface area contributed by atoms with E-state index in [2.05, 4.69) is 22.3 Å². The summed E-state index contributed by atoms with van der Waals surface area (Å²) in [7, 11) is 1.66. The van der Waals surface area contributed by atoms with E-state index in [1.807, 2.05) is 17.0 Å². The standard InChI is InChI=1S/C21H29N3O3/c1-27-17-6-2-15(3-7-17)18-14-19(18)21(26)24-12-10-23(11-13-24)9-8-20(25)22-16-4-5-16/h2-3,6-7,16,18-19H,4-5,8-14H2,1H3,(H,22,25)/t18-,19+/m1/s1. The molecule has 1 aromatic carbocycles. The van der Waals surface area contributed by atoms with Gasteiger partial charge in [0, 0.05) is 51.1 Å². The van der Waals surface area contributed by atoms with Crippen molar-refractivity contribution < 1.29 is 14.3 Å². The van der Waals surface area contributed by atoms with Gasteiger partial charge in [-0.2, -0.15) is 0 Å². The Morgan fingerprint density at radius 3 is 2.44 bits per heavy atom. The van der Waals surface area contributed by atoms with Crippen LogP contribution in [0.5, 0.6) is 5.75 Å². The summed E-state index contributed by atoms with van der Waals surface area (Å²) in [6.07, 6.45) is 3.77. The fraction of sp³-hybridized carbons (Fsp3) is 0.619. The summed E-state index contributed by atoms with van der Waals surface area (Å²) < 4.78 is 5.20. The zero-order chi connectivity index (χ0) is 18.8. The maximum atomic E-state index is 12.8. The number of rotatable bonds is 7. The summed E-state index contributed by atoms with van der Waals surface area (Å²) in [6, 6.07) is 8.51. The van der Waals surface area contributed by atoms with Gasteiger partial charge in [0.2, 0.25) is 11.8 Å². The molecule has 2 aliphatic carbocycles. The van der Waals surface area contributed by atoms with E-state index in [9.17, 15) is 9.59 Å². The molecule has 4 rings (SSSR count). The minimum Gasteiger partial charge on any atom is -0.497 e. The molecular weight excluding hydrogens is 342 g/mol. The lowest BCUT2D eigenvalue weighted by Crippen LogP contribution is -2.49. The zero-order valence-corrected chi connectivity index (χ0v) is 16.0. The Morgan fingerprint density at radius 2 is 1.81 bits per heavy atom. The van der Waals surface area contributed by atoms with Gasteiger partial charge in [-0.15, -0.1) is 0 Å². The molecule has 6 heteroatoms. The van der Waals surface area contributed by atoms with E-state index < -0.39 is 0 Å². The number of methoxy groups -OCH3 is 1. The monoisotopic (exact) mass is 371 g/mol. The Bertz CT molecular complexity index is 678. The van der Waals surface area contributed by atoms with Crippen molar-refractivity contribution in [1.29, 1.82) is 0 Å². The van der Waals surface area contributed by atoms with Crippen LogP contribution in [0.15, 0.2) is 24.3 Å². The Morgan fingerprint density at radius 1 is 1.11 bits per heavy atom. The molecule has 3 fully saturated rings. The fourth-order valence-corrected chi connectivity index (χ4v) is 3.90. The van der Waals surface area contributed by atoms with Gasteiger partial charge in [-0.1, -0.05) is 12.1 Å². The molecule has 0 radical (unpaired) electrons. The molecule has 2 atom stereocenters. The summed E-state index contributed by atoms with van der Waals surface area (Å²) in [5.74, 6) is 1.80. The van der Waals surface area contributed by atoms with Crippen molar-refractivity contribution in [2.75, 3.05) is 39.8 Å². The Labute approximate surface area is 160 Å². The SMILES string of the molecule is COc1ccc([C@H]2C[C@@H]2C(=O)N2CCN(CCC(=O)NC3CC3)CC2)cc1. The van der Waals surface area contributed by atoms with Crippen molar-refractivity contribution >= 4 is 11.8 Å². The van der Waals surface area contributed by atoms with E-state index >= 15 is 0 Å². The second-order valence-corrected chi connectivity index (χ2v) is 7.98. The number of benzene rings is 1. The minimum atomic E-state index is 0.134. The van der Waals surface area contributed by atoms with Crippen molar-refractivity contribution in [1.82, 2.24) is 15.1 Å². The van der Waals surface area contributed by atoms with Crippen LogP contribution in [-0.4, -0.2) is 67.5 Å². The van der Waals surface area contributed by atoms with E-state index in [4.69, 9.17) is 4.74 Å². The van der Waals surface area contributed by atoms with Crippen molar-refractivity contribution in [3.05, 3.63) is 29.8 Å². The third-order valence-corrected chi connectivity index (χ3v) is 5.93. The van der Waals surface area contributed by atoms with Crippen LogP contribution in [0.2, 0.25) is 0 Å². The van der Waals surface area contributed by atoms with E-state index in [1.54, 1.807) is 7.11 Å². The molecule has 1 heterocycles. The van der Waals surface area contributed by atoms with Gasteiger partial charge in [0.25, 0.3) is 0 Å². The second-order valence-electron chi connectivity index (χ2n) is 7.98. The maximum absolute atomic E-state index is 12.8. The number of hydrogen-bond donors (Lipinski definition) is 1. The summed E-state index contributed by atoms with van der Waals surface area (Å²) in [6.45, 7) is 4.06. The molecule has 1 N–H and O–H groups in total. The predicted octanol–water partition coefficient (Wildman–Crippen LogP) is 1.61. The number of amides is 2. The first-order valence-electron chi connectivity index (χ1n) is 10.1. The van der Waals surface area contributed by atoms with Crippen LogP contribution in [-0.2, 0) is 9.59 Å². The lowest BCUT2D eigenvalue weighted by molar-refractivity contribution is -0.134. The van der Waals surface area contributed by atoms with Crippen LogP contribution in [0.3, 0.4) is 0 Å². The van der Waals surface area contributed by atoms with E-state index in [0.717, 1.165) is 57.7 Å². The lowest BCUT2D eigenvalue weighted by atomic mass is 10.1. The van der Waals surface area contributed by atoms with Gasteiger partial charge in [-0.05, 0) is 42.9 Å². The van der Waals surface area contributed by atoms with Crippen molar-refractivity contribution in [2.45, 2.75) is 37.6 Å². The number of piperazine rings is 1. The maximum Gasteiger partial charge on any atom is 0.226 e. The highest BCUT2D eigenvalue weighted by Gasteiger charge is 2.46. The van der Waals surface area contributed by atoms with Crippen molar-refractivity contribution in [2.24, 2.45) is 5.92 Å². The van der Waals surface area contributed by atoms with Crippen LogP contribution < -0.4 is 10.1 Å². The molecule has 1 saturated heterocycles. The molecule has 1 aliphatic heterocycles. The molecule has 0 bridgehead atoms. The first-order chi connectivity index (χ1) is 13.1. The van der Waals surface area contributed by atoms with E-state index in [-0.39, 0.29) is 11.8 Å². The van der Waals surface area contributed by atoms with Crippen LogP contribution >= 0.6 is 0 Å². The highest BCUT2D eigenvalue weighted by atomic mass is 16.5. The average Bonchev–Trinajstić information content (AvgIpc) is 3.61. The molecule has 27 heavy (non-hydrogen) atoms. The van der Waals surface area contributed by atoms with Gasteiger partial charge in [0.15, 0.2) is 0 Å². The number of ether oxygens (including phenoxy) is 1. The molecule has 146 valence electrons. The number of carbonyl (C=O) groups is 2. The number of nitrogens with one attached hydrogen (secondary N) is 1. The van der Waals surface area contributed by atoms with Crippen molar-refractivity contribution in [3.8, 4) is 5.75 Å². The molecule has 0 aromatic heterocycles. The van der Waals surface area contributed by atoms with Crippen LogP contribution in [0.1, 0.15) is 37.2 Å². The third-order valence-electron chi connectivity index (χ3n) is 5.93. The van der Waals surface area contributed by atoms with Gasteiger partial charge in [0.1, 0.15) is 5.75 Å². The lowest BCUT2D eigenvalue weighted by Gasteiger charge is -2.34. The Balaban J connectivity index is 1.19. The van der Waals surface area contributed by atoms with Crippen molar-refractivity contribution in [3.63, 3.8) is 0 Å². The van der Waals surface area contributed by atoms with E-state index in [0.29, 0.717) is 24.3 Å². The first-order valence-corrected chi connectivity index (χ1v) is 10.1. The molecule has 0 unspecified atom stereocenters. The zero-order valence-electron chi connectivity index (χ0n) is 16.0. The molecule has 0 spiro atoms. The summed E-state index contributed by atoms with van der Waals surface area (Å²) in [5, 5.41) is 3.03. The molecule has 2 saturated carbocycles. The quantitative estimate of drug-likeness (QED) is 0.791. The smallest absolute Gasteiger partial charge is 0.226 e. The third kappa shape index (κ3) is 4.61. The van der Waals surface area contributed by atoms with Gasteiger partial charge in [0.05, 0.1) is 7.11 Å². The highest BCUT2D eigenvalue weighted by molar-refractivity contribution is 5.83. The normalized spacial score (nSPS) is 25.1. The first kappa shape index (κ1) is 18.3. The highest BCUT2D eigenvalue weighted by Crippen LogP contribution is 2.48. The molecular formula is C21H29N3O3. The summed E-state index contributed by atoms with van der Waals surface area (Å²) >= 11 is 0. The van der Waals surface area contributed by atoms with Gasteiger partial charge in [-0.25, -0.2) is 0 Å². The minimum absolute atomic E-state index is 0.134. The van der Waals surface area contributed by atoms with Crippen LogP contribution in [0.4, 0.5) is 0 Å². The summed E-state index contributed by atoms with van der Waals surface area (Å²) in [4.78, 5) is 28.9. The number of hydrogen-bond acceptors (Lipinski definition) is 4. The molecule has 6 nitrogen and oxygen atoms in total. The van der Waals surface area contributed by atoms with Gasteiger partial charge in [-0.3, -0.25) is 14.5 Å². The number of nitrogens with zero attached hydrogens (tertiary/aromatic N) is 2. The topological polar surface area (TPSA) is 61.9 Å². The average molecular weight is 371 g/mol. The number of carbonyl (C=O) groups excluding carboxylic acids is 2.